The molecule has 194 valence electrons. The Bertz CT molecular complexity index is 1250. The number of benzene rings is 2. The van der Waals surface area contributed by atoms with E-state index in [4.69, 9.17) is 11.6 Å². The van der Waals surface area contributed by atoms with Gasteiger partial charge in [0.05, 0.1) is 11.4 Å². The summed E-state index contributed by atoms with van der Waals surface area (Å²) in [6.45, 7) is 4.27. The molecule has 2 amide bonds. The lowest BCUT2D eigenvalue weighted by molar-refractivity contribution is -0.143. The fourth-order valence-corrected chi connectivity index (χ4v) is 7.23. The molecule has 0 saturated carbocycles. The Balaban J connectivity index is 1.23. The molecule has 2 atom stereocenters. The molecule has 0 bridgehead atoms. The van der Waals surface area contributed by atoms with Crippen molar-refractivity contribution < 1.29 is 18.0 Å². The highest BCUT2D eigenvalue weighted by molar-refractivity contribution is 7.89. The lowest BCUT2D eigenvalue weighted by atomic mass is 10.1. The maximum atomic E-state index is 13.2. The van der Waals surface area contributed by atoms with E-state index in [1.807, 2.05) is 4.90 Å². The van der Waals surface area contributed by atoms with Crippen LogP contribution in [0, 0.1) is 0 Å². The standard InChI is InChI=1S/C26H33ClN4O4S/c27-23-8-3-6-19-16-21(10-11-22(19)23)36(34,35)28-24-9-5-14-30(26(24)33)18-25(32)31-15-4-7-20(31)17-29-12-1-2-13-29/h3,6,8,10-11,16,20,24,28H,1-2,4-5,7,9,12-15,17-18H2. The number of hydrogen-bond donors (Lipinski definition) is 1. The number of fused-ring (bicyclic) bond motifs is 1. The summed E-state index contributed by atoms with van der Waals surface area (Å²) in [5, 5.41) is 2.02. The smallest absolute Gasteiger partial charge is 0.242 e. The third kappa shape index (κ3) is 5.39. The molecule has 1 N–H and O–H groups in total. The first-order chi connectivity index (χ1) is 17.3. The highest BCUT2D eigenvalue weighted by Gasteiger charge is 2.36. The van der Waals surface area contributed by atoms with E-state index in [9.17, 15) is 18.0 Å². The van der Waals surface area contributed by atoms with Gasteiger partial charge in [-0.15, -0.1) is 0 Å². The van der Waals surface area contributed by atoms with Crippen molar-refractivity contribution in [3.8, 4) is 0 Å². The molecule has 3 heterocycles. The Hall–Kier alpha value is -2.20. The Labute approximate surface area is 217 Å². The first-order valence-corrected chi connectivity index (χ1v) is 14.7. The van der Waals surface area contributed by atoms with Crippen LogP contribution in [0.2, 0.25) is 5.02 Å². The summed E-state index contributed by atoms with van der Waals surface area (Å²) in [5.74, 6) is -0.378. The van der Waals surface area contributed by atoms with Crippen LogP contribution < -0.4 is 4.72 Å². The molecule has 8 nitrogen and oxygen atoms in total. The van der Waals surface area contributed by atoms with Crippen LogP contribution in [0.15, 0.2) is 41.3 Å². The molecule has 2 aromatic rings. The zero-order valence-electron chi connectivity index (χ0n) is 20.4. The number of amides is 2. The number of hydrogen-bond acceptors (Lipinski definition) is 5. The van der Waals surface area contributed by atoms with Gasteiger partial charge >= 0.3 is 0 Å². The summed E-state index contributed by atoms with van der Waals surface area (Å²) in [6.07, 6.45) is 5.45. The molecule has 5 rings (SSSR count). The molecule has 3 saturated heterocycles. The average molecular weight is 533 g/mol. The predicted octanol–water partition coefficient (Wildman–Crippen LogP) is 2.85. The van der Waals surface area contributed by atoms with Crippen LogP contribution in [0.4, 0.5) is 0 Å². The minimum atomic E-state index is -3.93. The fraction of sp³-hybridized carbons (Fsp3) is 0.538. The lowest BCUT2D eigenvalue weighted by Gasteiger charge is -2.34. The van der Waals surface area contributed by atoms with Gasteiger partial charge in [0.2, 0.25) is 21.8 Å². The molecule has 2 aromatic carbocycles. The van der Waals surface area contributed by atoms with Crippen LogP contribution in [0.3, 0.4) is 0 Å². The first kappa shape index (κ1) is 25.4. The number of nitrogens with one attached hydrogen (secondary N) is 1. The number of nitrogens with zero attached hydrogens (tertiary/aromatic N) is 3. The van der Waals surface area contributed by atoms with Crippen LogP contribution in [-0.2, 0) is 19.6 Å². The summed E-state index contributed by atoms with van der Waals surface area (Å²) in [4.78, 5) is 32.3. The van der Waals surface area contributed by atoms with E-state index in [0.29, 0.717) is 29.8 Å². The van der Waals surface area contributed by atoms with Gasteiger partial charge < -0.3 is 14.7 Å². The molecule has 0 aromatic heterocycles. The summed E-state index contributed by atoms with van der Waals surface area (Å²) in [5.41, 5.74) is 0. The average Bonchev–Trinajstić information content (AvgIpc) is 3.54. The highest BCUT2D eigenvalue weighted by Crippen LogP contribution is 2.26. The van der Waals surface area contributed by atoms with E-state index in [1.54, 1.807) is 30.3 Å². The zero-order chi connectivity index (χ0) is 25.3. The van der Waals surface area contributed by atoms with E-state index in [2.05, 4.69) is 9.62 Å². The van der Waals surface area contributed by atoms with Crippen molar-refractivity contribution in [1.82, 2.24) is 19.4 Å². The molecular weight excluding hydrogens is 500 g/mol. The van der Waals surface area contributed by atoms with Crippen molar-refractivity contribution in [2.45, 2.75) is 55.5 Å². The van der Waals surface area contributed by atoms with Crippen LogP contribution in [-0.4, -0.2) is 86.3 Å². The van der Waals surface area contributed by atoms with E-state index in [1.165, 1.54) is 23.8 Å². The van der Waals surface area contributed by atoms with Crippen LogP contribution >= 0.6 is 11.6 Å². The zero-order valence-corrected chi connectivity index (χ0v) is 21.9. The van der Waals surface area contributed by atoms with Crippen molar-refractivity contribution in [3.05, 3.63) is 41.4 Å². The third-order valence-electron chi connectivity index (χ3n) is 7.63. The highest BCUT2D eigenvalue weighted by atomic mass is 35.5. The van der Waals surface area contributed by atoms with Crippen LogP contribution in [0.5, 0.6) is 0 Å². The number of carbonyl (C=O) groups is 2. The number of piperidine rings is 1. The van der Waals surface area contributed by atoms with Gasteiger partial charge in [-0.2, -0.15) is 4.72 Å². The maximum absolute atomic E-state index is 13.2. The number of rotatable bonds is 7. The van der Waals surface area contributed by atoms with Gasteiger partial charge in [0.25, 0.3) is 0 Å². The van der Waals surface area contributed by atoms with Crippen molar-refractivity contribution in [2.75, 3.05) is 39.3 Å². The number of halogens is 1. The molecular formula is C26H33ClN4O4S. The van der Waals surface area contributed by atoms with Gasteiger partial charge in [0.15, 0.2) is 0 Å². The summed E-state index contributed by atoms with van der Waals surface area (Å²) in [6, 6.07) is 9.37. The molecule has 3 aliphatic rings. The first-order valence-electron chi connectivity index (χ1n) is 12.8. The topological polar surface area (TPSA) is 90.0 Å². The molecule has 36 heavy (non-hydrogen) atoms. The number of likely N-dealkylation sites (tertiary alicyclic amines) is 3. The third-order valence-corrected chi connectivity index (χ3v) is 9.43. The predicted molar refractivity (Wildman–Crippen MR) is 139 cm³/mol. The van der Waals surface area contributed by atoms with Crippen molar-refractivity contribution in [1.29, 1.82) is 0 Å². The minimum Gasteiger partial charge on any atom is -0.337 e. The monoisotopic (exact) mass is 532 g/mol. The molecule has 0 spiro atoms. The second-order valence-electron chi connectivity index (χ2n) is 10.1. The van der Waals surface area contributed by atoms with Crippen molar-refractivity contribution in [2.24, 2.45) is 0 Å². The number of carbonyl (C=O) groups excluding carboxylic acids is 2. The summed E-state index contributed by atoms with van der Waals surface area (Å²) in [7, 11) is -3.93. The van der Waals surface area contributed by atoms with Crippen LogP contribution in [0.25, 0.3) is 10.8 Å². The van der Waals surface area contributed by atoms with Gasteiger partial charge in [-0.3, -0.25) is 9.59 Å². The van der Waals surface area contributed by atoms with Gasteiger partial charge in [0.1, 0.15) is 6.04 Å². The molecule has 3 fully saturated rings. The quantitative estimate of drug-likeness (QED) is 0.592. The van der Waals surface area contributed by atoms with Gasteiger partial charge in [-0.1, -0.05) is 29.8 Å². The summed E-state index contributed by atoms with van der Waals surface area (Å²) < 4.78 is 28.8. The van der Waals surface area contributed by atoms with Crippen molar-refractivity contribution in [3.63, 3.8) is 0 Å². The Morgan fingerprint density at radius 1 is 1.00 bits per heavy atom. The molecule has 0 aliphatic carbocycles. The van der Waals surface area contributed by atoms with E-state index in [-0.39, 0.29) is 29.3 Å². The number of sulfonamides is 1. The van der Waals surface area contributed by atoms with Gasteiger partial charge in [0, 0.05) is 36.1 Å². The maximum Gasteiger partial charge on any atom is 0.242 e. The molecule has 2 unspecified atom stereocenters. The molecule has 3 aliphatic heterocycles. The van der Waals surface area contributed by atoms with Gasteiger partial charge in [-0.25, -0.2) is 8.42 Å². The molecule has 10 heteroatoms. The van der Waals surface area contributed by atoms with Crippen LogP contribution in [0.1, 0.15) is 38.5 Å². The summed E-state index contributed by atoms with van der Waals surface area (Å²) >= 11 is 6.21. The largest absolute Gasteiger partial charge is 0.337 e. The van der Waals surface area contributed by atoms with E-state index >= 15 is 0 Å². The Morgan fingerprint density at radius 2 is 1.78 bits per heavy atom. The lowest BCUT2D eigenvalue weighted by Crippen LogP contribution is -2.55. The Morgan fingerprint density at radius 3 is 2.58 bits per heavy atom. The van der Waals surface area contributed by atoms with E-state index < -0.39 is 16.1 Å². The van der Waals surface area contributed by atoms with E-state index in [0.717, 1.165) is 44.4 Å². The Kier molecular flexibility index (Phi) is 7.53. The fourth-order valence-electron chi connectivity index (χ4n) is 5.72. The van der Waals surface area contributed by atoms with Crippen molar-refractivity contribution >= 4 is 44.2 Å². The molecule has 0 radical (unpaired) electrons. The second-order valence-corrected chi connectivity index (χ2v) is 12.2. The SMILES string of the molecule is O=C1C(NS(=O)(=O)c2ccc3c(Cl)cccc3c2)CCCN1CC(=O)N1CCCC1CN1CCCC1. The normalized spacial score (nSPS) is 23.6. The second kappa shape index (κ2) is 10.7. The minimum absolute atomic E-state index is 0.00202. The van der Waals surface area contributed by atoms with Gasteiger partial charge in [-0.05, 0) is 75.2 Å².